The highest BCUT2D eigenvalue weighted by Gasteiger charge is 2.18. The Kier molecular flexibility index (Phi) is 5.57. The standard InChI is InChI=1S/C23H15ClFN5O2S/c24-17-12-14(25)10-11-18(17)26-20(31)13-33-23-28-27-22-29(15-6-2-1-3-7-15)21(32)16-8-4-5-9-19(16)30(22)23/h1-12H,13H2,(H,26,31). The molecule has 33 heavy (non-hydrogen) atoms. The average Bonchev–Trinajstić information content (AvgIpc) is 3.24. The van der Waals surface area contributed by atoms with Crippen LogP contribution in [0.25, 0.3) is 22.4 Å². The molecule has 0 unspecified atom stereocenters. The first-order chi connectivity index (χ1) is 16.0. The van der Waals surface area contributed by atoms with Gasteiger partial charge < -0.3 is 5.32 Å². The van der Waals surface area contributed by atoms with E-state index in [-0.39, 0.29) is 22.2 Å². The SMILES string of the molecule is O=C(CSc1nnc2n(-c3ccccc3)c(=O)c3ccccc3n12)Nc1ccc(F)cc1Cl. The summed E-state index contributed by atoms with van der Waals surface area (Å²) in [5.74, 6) is -0.480. The van der Waals surface area contributed by atoms with Gasteiger partial charge in [-0.3, -0.25) is 14.0 Å². The van der Waals surface area contributed by atoms with E-state index in [0.717, 1.165) is 17.8 Å². The molecule has 0 fully saturated rings. The Morgan fingerprint density at radius 1 is 1.03 bits per heavy atom. The van der Waals surface area contributed by atoms with Gasteiger partial charge in [0, 0.05) is 0 Å². The monoisotopic (exact) mass is 479 g/mol. The molecular formula is C23H15ClFN5O2S. The van der Waals surface area contributed by atoms with Crippen molar-refractivity contribution in [3.63, 3.8) is 0 Å². The number of para-hydroxylation sites is 2. The lowest BCUT2D eigenvalue weighted by Gasteiger charge is -2.11. The number of nitrogens with zero attached hydrogens (tertiary/aromatic N) is 4. The van der Waals surface area contributed by atoms with Gasteiger partial charge in [-0.25, -0.2) is 8.96 Å². The molecule has 0 bridgehead atoms. The first-order valence-electron chi connectivity index (χ1n) is 9.85. The number of fused-ring (bicyclic) bond motifs is 3. The number of nitrogens with one attached hydrogen (secondary N) is 1. The summed E-state index contributed by atoms with van der Waals surface area (Å²) in [6, 6.07) is 20.1. The fourth-order valence-electron chi connectivity index (χ4n) is 3.49. The Hall–Kier alpha value is -3.69. The maximum Gasteiger partial charge on any atom is 0.267 e. The van der Waals surface area contributed by atoms with E-state index in [0.29, 0.717) is 33.2 Å². The number of carbonyl (C=O) groups excluding carboxylic acids is 1. The lowest BCUT2D eigenvalue weighted by Crippen LogP contribution is -2.21. The summed E-state index contributed by atoms with van der Waals surface area (Å²) in [7, 11) is 0. The van der Waals surface area contributed by atoms with Gasteiger partial charge >= 0.3 is 0 Å². The Bertz CT molecular complexity index is 1570. The molecule has 0 radical (unpaired) electrons. The molecule has 7 nitrogen and oxygen atoms in total. The van der Waals surface area contributed by atoms with Crippen LogP contribution in [0.1, 0.15) is 0 Å². The van der Waals surface area contributed by atoms with Crippen LogP contribution >= 0.6 is 23.4 Å². The van der Waals surface area contributed by atoms with Gasteiger partial charge in [0.2, 0.25) is 11.7 Å². The van der Waals surface area contributed by atoms with Gasteiger partial charge in [-0.05, 0) is 42.5 Å². The third-order valence-corrected chi connectivity index (χ3v) is 6.19. The molecule has 164 valence electrons. The molecule has 2 aromatic heterocycles. The number of hydrogen-bond donors (Lipinski definition) is 1. The molecule has 0 aliphatic heterocycles. The molecule has 0 spiro atoms. The first-order valence-corrected chi connectivity index (χ1v) is 11.2. The fourth-order valence-corrected chi connectivity index (χ4v) is 4.44. The third kappa shape index (κ3) is 3.96. The second-order valence-electron chi connectivity index (χ2n) is 7.07. The van der Waals surface area contributed by atoms with Crippen molar-refractivity contribution >= 4 is 51.6 Å². The predicted octanol–water partition coefficient (Wildman–Crippen LogP) is 4.56. The van der Waals surface area contributed by atoms with E-state index in [1.807, 2.05) is 42.5 Å². The second-order valence-corrected chi connectivity index (χ2v) is 8.42. The number of anilines is 1. The molecular weight excluding hydrogens is 465 g/mol. The van der Waals surface area contributed by atoms with Gasteiger partial charge in [0.05, 0.1) is 33.1 Å². The highest BCUT2D eigenvalue weighted by molar-refractivity contribution is 7.99. The summed E-state index contributed by atoms with van der Waals surface area (Å²) in [6.45, 7) is 0. The van der Waals surface area contributed by atoms with Crippen molar-refractivity contribution in [3.05, 3.63) is 94.0 Å². The lowest BCUT2D eigenvalue weighted by molar-refractivity contribution is -0.113. The average molecular weight is 480 g/mol. The maximum atomic E-state index is 13.2. The summed E-state index contributed by atoms with van der Waals surface area (Å²) < 4.78 is 16.5. The summed E-state index contributed by atoms with van der Waals surface area (Å²) in [5.41, 5.74) is 1.40. The van der Waals surface area contributed by atoms with Crippen LogP contribution in [-0.2, 0) is 4.79 Å². The van der Waals surface area contributed by atoms with Crippen molar-refractivity contribution < 1.29 is 9.18 Å². The van der Waals surface area contributed by atoms with Gasteiger partial charge in [-0.1, -0.05) is 53.7 Å². The van der Waals surface area contributed by atoms with E-state index >= 15 is 0 Å². The number of hydrogen-bond acceptors (Lipinski definition) is 5. The highest BCUT2D eigenvalue weighted by atomic mass is 35.5. The van der Waals surface area contributed by atoms with Gasteiger partial charge in [0.15, 0.2) is 5.16 Å². The van der Waals surface area contributed by atoms with Crippen LogP contribution in [0, 0.1) is 5.82 Å². The predicted molar refractivity (Wildman–Crippen MR) is 127 cm³/mol. The molecule has 0 aliphatic carbocycles. The molecule has 2 heterocycles. The van der Waals surface area contributed by atoms with Crippen LogP contribution in [0.3, 0.4) is 0 Å². The van der Waals surface area contributed by atoms with Crippen molar-refractivity contribution in [1.82, 2.24) is 19.2 Å². The Balaban J connectivity index is 1.53. The first kappa shape index (κ1) is 21.2. The summed E-state index contributed by atoms with van der Waals surface area (Å²) in [5, 5.41) is 12.2. The maximum absolute atomic E-state index is 13.2. The Morgan fingerprint density at radius 2 is 1.79 bits per heavy atom. The van der Waals surface area contributed by atoms with Crippen molar-refractivity contribution in [1.29, 1.82) is 0 Å². The zero-order chi connectivity index (χ0) is 22.9. The van der Waals surface area contributed by atoms with E-state index in [9.17, 15) is 14.0 Å². The number of rotatable bonds is 5. The van der Waals surface area contributed by atoms with Crippen molar-refractivity contribution in [3.8, 4) is 5.69 Å². The largest absolute Gasteiger partial charge is 0.324 e. The number of halogens is 2. The minimum absolute atomic E-state index is 0.00723. The van der Waals surface area contributed by atoms with Crippen LogP contribution in [-0.4, -0.2) is 30.8 Å². The molecule has 0 saturated carbocycles. The molecule has 0 aliphatic rings. The number of amides is 1. The summed E-state index contributed by atoms with van der Waals surface area (Å²) in [4.78, 5) is 25.7. The molecule has 1 amide bonds. The van der Waals surface area contributed by atoms with Crippen LogP contribution in [0.2, 0.25) is 5.02 Å². The van der Waals surface area contributed by atoms with E-state index in [1.165, 1.54) is 16.7 Å². The minimum atomic E-state index is -0.487. The lowest BCUT2D eigenvalue weighted by atomic mass is 10.2. The smallest absolute Gasteiger partial charge is 0.267 e. The van der Waals surface area contributed by atoms with Crippen LogP contribution in [0.15, 0.2) is 82.7 Å². The van der Waals surface area contributed by atoms with Crippen molar-refractivity contribution in [2.45, 2.75) is 5.16 Å². The van der Waals surface area contributed by atoms with E-state index in [1.54, 1.807) is 16.5 Å². The number of carbonyl (C=O) groups is 1. The van der Waals surface area contributed by atoms with Gasteiger partial charge in [-0.15, -0.1) is 10.2 Å². The van der Waals surface area contributed by atoms with Crippen molar-refractivity contribution in [2.75, 3.05) is 11.1 Å². The van der Waals surface area contributed by atoms with Crippen LogP contribution < -0.4 is 10.9 Å². The summed E-state index contributed by atoms with van der Waals surface area (Å²) in [6.07, 6.45) is 0. The number of thioether (sulfide) groups is 1. The van der Waals surface area contributed by atoms with Gasteiger partial charge in [0.1, 0.15) is 5.82 Å². The quantitative estimate of drug-likeness (QED) is 0.374. The second kappa shape index (κ2) is 8.68. The molecule has 5 rings (SSSR count). The molecule has 10 heteroatoms. The van der Waals surface area contributed by atoms with Crippen molar-refractivity contribution in [2.24, 2.45) is 0 Å². The topological polar surface area (TPSA) is 81.3 Å². The van der Waals surface area contributed by atoms with Gasteiger partial charge in [-0.2, -0.15) is 0 Å². The summed E-state index contributed by atoms with van der Waals surface area (Å²) >= 11 is 7.15. The zero-order valence-electron chi connectivity index (χ0n) is 16.9. The highest BCUT2D eigenvalue weighted by Crippen LogP contribution is 2.25. The minimum Gasteiger partial charge on any atom is -0.324 e. The van der Waals surface area contributed by atoms with E-state index < -0.39 is 5.82 Å². The fraction of sp³-hybridized carbons (Fsp3) is 0.0435. The zero-order valence-corrected chi connectivity index (χ0v) is 18.5. The molecule has 0 saturated heterocycles. The molecule has 0 atom stereocenters. The number of aromatic nitrogens is 4. The Labute approximate surface area is 195 Å². The van der Waals surface area contributed by atoms with E-state index in [2.05, 4.69) is 15.5 Å². The third-order valence-electron chi connectivity index (χ3n) is 4.95. The molecule has 5 aromatic rings. The molecule has 3 aromatic carbocycles. The number of benzene rings is 3. The van der Waals surface area contributed by atoms with Crippen LogP contribution in [0.4, 0.5) is 10.1 Å². The van der Waals surface area contributed by atoms with Gasteiger partial charge in [0.25, 0.3) is 5.56 Å². The van der Waals surface area contributed by atoms with Crippen LogP contribution in [0.5, 0.6) is 0 Å². The molecule has 1 N–H and O–H groups in total. The Morgan fingerprint density at radius 3 is 2.58 bits per heavy atom. The normalized spacial score (nSPS) is 11.2. The van der Waals surface area contributed by atoms with E-state index in [4.69, 9.17) is 11.6 Å².